The number of hydrogen-bond acceptors (Lipinski definition) is 5. The zero-order valence-electron chi connectivity index (χ0n) is 14.7. The van der Waals surface area contributed by atoms with Gasteiger partial charge >= 0.3 is 5.97 Å². The number of hydrogen-bond donors (Lipinski definition) is 0. The molecule has 0 unspecified atom stereocenters. The van der Waals surface area contributed by atoms with Gasteiger partial charge in [0.25, 0.3) is 0 Å². The Kier molecular flexibility index (Phi) is 5.53. The maximum atomic E-state index is 12.8. The van der Waals surface area contributed by atoms with Crippen molar-refractivity contribution in [1.29, 1.82) is 0 Å². The number of sulfone groups is 1. The van der Waals surface area contributed by atoms with Crippen LogP contribution in [0.25, 0.3) is 10.8 Å². The highest BCUT2D eigenvalue weighted by molar-refractivity contribution is 9.10. The minimum Gasteiger partial charge on any atom is -0.496 e. The number of carbonyl (C=O) groups excluding carboxylic acids is 1. The van der Waals surface area contributed by atoms with Gasteiger partial charge < -0.3 is 9.47 Å². The summed E-state index contributed by atoms with van der Waals surface area (Å²) in [6.07, 6.45) is 0. The third-order valence-electron chi connectivity index (χ3n) is 4.04. The molecule has 3 aromatic carbocycles. The van der Waals surface area contributed by atoms with E-state index in [4.69, 9.17) is 9.47 Å². The third-order valence-corrected chi connectivity index (χ3v) is 6.41. The van der Waals surface area contributed by atoms with Crippen LogP contribution in [0.2, 0.25) is 0 Å². The van der Waals surface area contributed by atoms with Crippen LogP contribution in [0.1, 0.15) is 12.5 Å². The van der Waals surface area contributed by atoms with E-state index in [9.17, 15) is 13.2 Å². The highest BCUT2D eigenvalue weighted by Crippen LogP contribution is 2.41. The molecule has 27 heavy (non-hydrogen) atoms. The van der Waals surface area contributed by atoms with E-state index in [0.29, 0.717) is 16.7 Å². The largest absolute Gasteiger partial charge is 0.496 e. The zero-order chi connectivity index (χ0) is 19.6. The highest BCUT2D eigenvalue weighted by Gasteiger charge is 2.22. The van der Waals surface area contributed by atoms with Crippen molar-refractivity contribution in [3.05, 3.63) is 64.6 Å². The first kappa shape index (κ1) is 19.4. The maximum Gasteiger partial charge on any atom is 0.308 e. The molecular formula is C20H17BrO5S. The smallest absolute Gasteiger partial charge is 0.308 e. The fourth-order valence-electron chi connectivity index (χ4n) is 2.85. The predicted molar refractivity (Wildman–Crippen MR) is 107 cm³/mol. The second-order valence-corrected chi connectivity index (χ2v) is 8.74. The van der Waals surface area contributed by atoms with Crippen molar-refractivity contribution in [1.82, 2.24) is 0 Å². The van der Waals surface area contributed by atoms with Gasteiger partial charge in [0.05, 0.1) is 23.1 Å². The highest BCUT2D eigenvalue weighted by atomic mass is 79.9. The van der Waals surface area contributed by atoms with Gasteiger partial charge in [-0.25, -0.2) is 8.42 Å². The van der Waals surface area contributed by atoms with Crippen molar-refractivity contribution < 1.29 is 22.7 Å². The predicted octanol–water partition coefficient (Wildman–Crippen LogP) is 4.51. The molecular weight excluding hydrogens is 432 g/mol. The standard InChI is InChI=1S/C20H17BrO5S/c1-13(22)26-20-14(12-27(23,24)15-6-4-3-5-7-15)8-9-16-17(21)10-11-18(25-2)19(16)20/h3-11H,12H2,1-2H3. The number of carbonyl (C=O) groups is 1. The molecule has 0 radical (unpaired) electrons. The number of fused-ring (bicyclic) bond motifs is 1. The van der Waals surface area contributed by atoms with Crippen LogP contribution in [0, 0.1) is 0 Å². The summed E-state index contributed by atoms with van der Waals surface area (Å²) in [5.41, 5.74) is 0.387. The Balaban J connectivity index is 2.22. The maximum absolute atomic E-state index is 12.8. The fourth-order valence-corrected chi connectivity index (χ4v) is 4.69. The van der Waals surface area contributed by atoms with Gasteiger partial charge in [0.2, 0.25) is 0 Å². The lowest BCUT2D eigenvalue weighted by Crippen LogP contribution is -2.10. The number of esters is 1. The minimum absolute atomic E-state index is 0.192. The van der Waals surface area contributed by atoms with E-state index >= 15 is 0 Å². The van der Waals surface area contributed by atoms with E-state index < -0.39 is 15.8 Å². The summed E-state index contributed by atoms with van der Waals surface area (Å²) in [4.78, 5) is 11.9. The monoisotopic (exact) mass is 448 g/mol. The molecule has 0 atom stereocenters. The summed E-state index contributed by atoms with van der Waals surface area (Å²) in [7, 11) is -2.11. The summed E-state index contributed by atoms with van der Waals surface area (Å²) in [6.45, 7) is 1.28. The number of ether oxygens (including phenoxy) is 2. The molecule has 0 saturated carbocycles. The molecule has 7 heteroatoms. The molecule has 0 amide bonds. The fraction of sp³-hybridized carbons (Fsp3) is 0.150. The molecule has 0 aliphatic heterocycles. The average molecular weight is 449 g/mol. The number of methoxy groups -OCH3 is 1. The zero-order valence-corrected chi connectivity index (χ0v) is 17.1. The van der Waals surface area contributed by atoms with Crippen molar-refractivity contribution in [2.75, 3.05) is 7.11 Å². The Labute approximate surface area is 166 Å². The van der Waals surface area contributed by atoms with E-state index in [2.05, 4.69) is 15.9 Å². The molecule has 0 saturated heterocycles. The lowest BCUT2D eigenvalue weighted by molar-refractivity contribution is -0.131. The molecule has 3 rings (SSSR count). The normalized spacial score (nSPS) is 11.4. The van der Waals surface area contributed by atoms with Crippen LogP contribution in [0.15, 0.2) is 64.0 Å². The van der Waals surface area contributed by atoms with Crippen LogP contribution in [0.3, 0.4) is 0 Å². The van der Waals surface area contributed by atoms with Gasteiger partial charge in [0, 0.05) is 22.3 Å². The minimum atomic E-state index is -3.61. The first-order chi connectivity index (χ1) is 12.8. The van der Waals surface area contributed by atoms with Gasteiger partial charge in [-0.2, -0.15) is 0 Å². The van der Waals surface area contributed by atoms with Gasteiger partial charge in [0.1, 0.15) is 11.5 Å². The van der Waals surface area contributed by atoms with Gasteiger partial charge in [-0.3, -0.25) is 4.79 Å². The summed E-state index contributed by atoms with van der Waals surface area (Å²) in [6, 6.07) is 15.2. The molecule has 0 fully saturated rings. The van der Waals surface area contributed by atoms with Crippen LogP contribution in [-0.4, -0.2) is 21.5 Å². The van der Waals surface area contributed by atoms with E-state index in [0.717, 1.165) is 9.86 Å². The summed E-state index contributed by atoms with van der Waals surface area (Å²) in [5, 5.41) is 1.30. The third kappa shape index (κ3) is 3.99. The van der Waals surface area contributed by atoms with Gasteiger partial charge in [-0.05, 0) is 24.3 Å². The lowest BCUT2D eigenvalue weighted by atomic mass is 10.0. The van der Waals surface area contributed by atoms with Crippen LogP contribution in [0.5, 0.6) is 11.5 Å². The molecule has 0 aliphatic carbocycles. The lowest BCUT2D eigenvalue weighted by Gasteiger charge is -2.16. The number of benzene rings is 3. The van der Waals surface area contributed by atoms with Crippen molar-refractivity contribution in [3.63, 3.8) is 0 Å². The molecule has 0 heterocycles. The molecule has 0 N–H and O–H groups in total. The van der Waals surface area contributed by atoms with E-state index in [-0.39, 0.29) is 16.4 Å². The first-order valence-electron chi connectivity index (χ1n) is 8.08. The quantitative estimate of drug-likeness (QED) is 0.424. The first-order valence-corrected chi connectivity index (χ1v) is 10.5. The summed E-state index contributed by atoms with van der Waals surface area (Å²) >= 11 is 3.47. The Morgan fingerprint density at radius 2 is 1.74 bits per heavy atom. The Morgan fingerprint density at radius 3 is 2.37 bits per heavy atom. The van der Waals surface area contributed by atoms with Crippen molar-refractivity contribution in [2.45, 2.75) is 17.6 Å². The van der Waals surface area contributed by atoms with E-state index in [1.54, 1.807) is 48.5 Å². The van der Waals surface area contributed by atoms with E-state index in [1.165, 1.54) is 14.0 Å². The Hall–Kier alpha value is -2.38. The second kappa shape index (κ2) is 7.70. The Bertz CT molecular complexity index is 1110. The topological polar surface area (TPSA) is 69.7 Å². The summed E-state index contributed by atoms with van der Waals surface area (Å²) < 4.78 is 37.3. The van der Waals surface area contributed by atoms with Crippen LogP contribution >= 0.6 is 15.9 Å². The van der Waals surface area contributed by atoms with Crippen molar-refractivity contribution in [3.8, 4) is 11.5 Å². The Morgan fingerprint density at radius 1 is 1.04 bits per heavy atom. The second-order valence-electron chi connectivity index (χ2n) is 5.89. The molecule has 0 spiro atoms. The van der Waals surface area contributed by atoms with Gasteiger partial charge in [0.15, 0.2) is 9.84 Å². The van der Waals surface area contributed by atoms with Crippen LogP contribution in [-0.2, 0) is 20.4 Å². The van der Waals surface area contributed by atoms with Gasteiger partial charge in [-0.1, -0.05) is 46.3 Å². The van der Waals surface area contributed by atoms with Crippen LogP contribution in [0.4, 0.5) is 0 Å². The molecule has 3 aromatic rings. The molecule has 0 aliphatic rings. The molecule has 140 valence electrons. The van der Waals surface area contributed by atoms with E-state index in [1.807, 2.05) is 6.07 Å². The number of halogens is 1. The van der Waals surface area contributed by atoms with Crippen LogP contribution < -0.4 is 9.47 Å². The van der Waals surface area contributed by atoms with Crippen molar-refractivity contribution in [2.24, 2.45) is 0 Å². The molecule has 0 aromatic heterocycles. The molecule has 0 bridgehead atoms. The van der Waals surface area contributed by atoms with Gasteiger partial charge in [-0.15, -0.1) is 0 Å². The SMILES string of the molecule is COc1ccc(Br)c2ccc(CS(=O)(=O)c3ccccc3)c(OC(C)=O)c12. The summed E-state index contributed by atoms with van der Waals surface area (Å²) in [5.74, 6) is -0.158. The average Bonchev–Trinajstić information content (AvgIpc) is 2.64. The van der Waals surface area contributed by atoms with Crippen molar-refractivity contribution >= 4 is 42.5 Å². The number of rotatable bonds is 5. The molecule has 5 nitrogen and oxygen atoms in total.